The van der Waals surface area contributed by atoms with E-state index in [0.717, 1.165) is 17.7 Å². The van der Waals surface area contributed by atoms with Gasteiger partial charge in [-0.3, -0.25) is 4.79 Å². The number of rotatable bonds is 5. The van der Waals surface area contributed by atoms with Gasteiger partial charge in [-0.1, -0.05) is 6.07 Å². The molecule has 1 fully saturated rings. The van der Waals surface area contributed by atoms with E-state index in [1.165, 1.54) is 17.8 Å². The van der Waals surface area contributed by atoms with Gasteiger partial charge in [0.15, 0.2) is 0 Å². The van der Waals surface area contributed by atoms with Crippen molar-refractivity contribution < 1.29 is 14.3 Å². The average molecular weight is 254 g/mol. The van der Waals surface area contributed by atoms with Crippen molar-refractivity contribution in [2.24, 2.45) is 5.92 Å². The van der Waals surface area contributed by atoms with E-state index in [0.29, 0.717) is 11.5 Å². The molecule has 0 radical (unpaired) electrons. The van der Waals surface area contributed by atoms with Crippen molar-refractivity contribution in [3.05, 3.63) is 29.6 Å². The van der Waals surface area contributed by atoms with Gasteiger partial charge in [-0.25, -0.2) is 4.39 Å². The zero-order valence-corrected chi connectivity index (χ0v) is 10.5. The molecule has 0 aliphatic heterocycles. The summed E-state index contributed by atoms with van der Waals surface area (Å²) in [6, 6.07) is 5.10. The van der Waals surface area contributed by atoms with Gasteiger partial charge in [-0.05, 0) is 42.7 Å². The molecule has 2 nitrogen and oxygen atoms in total. The molecule has 1 saturated carbocycles. The molecule has 4 heteroatoms. The molecule has 1 N–H and O–H groups in total. The van der Waals surface area contributed by atoms with Crippen molar-refractivity contribution in [2.75, 3.05) is 6.26 Å². The summed E-state index contributed by atoms with van der Waals surface area (Å²) < 4.78 is 13.9. The quantitative estimate of drug-likeness (QED) is 0.817. The topological polar surface area (TPSA) is 37.3 Å². The van der Waals surface area contributed by atoms with E-state index in [1.54, 1.807) is 6.07 Å². The van der Waals surface area contributed by atoms with Crippen LogP contribution in [0, 0.1) is 11.7 Å². The first-order valence-corrected chi connectivity index (χ1v) is 6.89. The molecule has 0 aromatic heterocycles. The third-order valence-corrected chi connectivity index (χ3v) is 3.92. The second-order valence-electron chi connectivity index (χ2n) is 4.43. The largest absolute Gasteiger partial charge is 0.481 e. The Kier molecular flexibility index (Phi) is 3.72. The van der Waals surface area contributed by atoms with Gasteiger partial charge < -0.3 is 5.11 Å². The van der Waals surface area contributed by atoms with E-state index in [4.69, 9.17) is 5.11 Å². The third kappa shape index (κ3) is 3.00. The number of benzene rings is 1. The highest BCUT2D eigenvalue weighted by molar-refractivity contribution is 7.98. The minimum atomic E-state index is -0.852. The number of thioether (sulfide) groups is 1. The van der Waals surface area contributed by atoms with Gasteiger partial charge in [-0.15, -0.1) is 11.8 Å². The van der Waals surface area contributed by atoms with Crippen molar-refractivity contribution in [3.8, 4) is 0 Å². The lowest BCUT2D eigenvalue weighted by Crippen LogP contribution is -2.10. The van der Waals surface area contributed by atoms with Crippen LogP contribution in [-0.4, -0.2) is 17.3 Å². The fourth-order valence-electron chi connectivity index (χ4n) is 2.15. The lowest BCUT2D eigenvalue weighted by atomic mass is 9.91. The molecule has 0 spiro atoms. The average Bonchev–Trinajstić information content (AvgIpc) is 3.09. The van der Waals surface area contributed by atoms with Crippen LogP contribution < -0.4 is 0 Å². The number of halogens is 1. The van der Waals surface area contributed by atoms with E-state index < -0.39 is 5.97 Å². The first-order chi connectivity index (χ1) is 8.11. The summed E-state index contributed by atoms with van der Waals surface area (Å²) in [5.74, 6) is -0.936. The Morgan fingerprint density at radius 3 is 2.76 bits per heavy atom. The van der Waals surface area contributed by atoms with Gasteiger partial charge in [-0.2, -0.15) is 0 Å². The first kappa shape index (κ1) is 12.4. The van der Waals surface area contributed by atoms with Gasteiger partial charge in [0.25, 0.3) is 0 Å². The maximum absolute atomic E-state index is 13.9. The van der Waals surface area contributed by atoms with Crippen molar-refractivity contribution in [1.82, 2.24) is 0 Å². The Hall–Kier alpha value is -1.03. The van der Waals surface area contributed by atoms with Crippen LogP contribution in [-0.2, 0) is 4.79 Å². The lowest BCUT2D eigenvalue weighted by molar-refractivity contribution is -0.137. The fourth-order valence-corrected chi connectivity index (χ4v) is 2.58. The molecule has 0 heterocycles. The maximum atomic E-state index is 13.9. The second kappa shape index (κ2) is 5.08. The lowest BCUT2D eigenvalue weighted by Gasteiger charge is -2.15. The Labute approximate surface area is 104 Å². The van der Waals surface area contributed by atoms with E-state index in [1.807, 2.05) is 12.3 Å². The molecular formula is C13H15FO2S. The molecule has 92 valence electrons. The fraction of sp³-hybridized carbons (Fsp3) is 0.462. The predicted molar refractivity (Wildman–Crippen MR) is 65.9 cm³/mol. The number of aliphatic carboxylic acids is 1. The van der Waals surface area contributed by atoms with Crippen LogP contribution in [0.15, 0.2) is 23.1 Å². The predicted octanol–water partition coefficient (Wildman–Crippen LogP) is 3.52. The van der Waals surface area contributed by atoms with Crippen LogP contribution in [0.25, 0.3) is 0 Å². The number of carboxylic acids is 1. The van der Waals surface area contributed by atoms with Crippen LogP contribution in [0.4, 0.5) is 4.39 Å². The summed E-state index contributed by atoms with van der Waals surface area (Å²) in [4.78, 5) is 11.7. The van der Waals surface area contributed by atoms with Crippen molar-refractivity contribution >= 4 is 17.7 Å². The number of hydrogen-bond acceptors (Lipinski definition) is 2. The molecule has 1 aromatic rings. The second-order valence-corrected chi connectivity index (χ2v) is 5.31. The van der Waals surface area contributed by atoms with E-state index >= 15 is 0 Å². The Morgan fingerprint density at radius 2 is 2.29 bits per heavy atom. The Bertz CT molecular complexity index is 429. The summed E-state index contributed by atoms with van der Waals surface area (Å²) in [5, 5.41) is 8.89. The van der Waals surface area contributed by atoms with Gasteiger partial charge in [0.1, 0.15) is 5.82 Å². The van der Waals surface area contributed by atoms with E-state index in [9.17, 15) is 9.18 Å². The van der Waals surface area contributed by atoms with Crippen molar-refractivity contribution in [2.45, 2.75) is 30.1 Å². The van der Waals surface area contributed by atoms with E-state index in [2.05, 4.69) is 0 Å². The molecule has 2 rings (SSSR count). The van der Waals surface area contributed by atoms with Crippen LogP contribution in [0.2, 0.25) is 0 Å². The van der Waals surface area contributed by atoms with Crippen molar-refractivity contribution in [3.63, 3.8) is 0 Å². The summed E-state index contributed by atoms with van der Waals surface area (Å²) in [6.07, 6.45) is 3.95. The molecule has 1 unspecified atom stereocenters. The summed E-state index contributed by atoms with van der Waals surface area (Å²) in [5.41, 5.74) is 0.563. The third-order valence-electron chi connectivity index (χ3n) is 3.19. The molecule has 0 bridgehead atoms. The maximum Gasteiger partial charge on any atom is 0.303 e. The normalized spacial score (nSPS) is 16.8. The molecule has 1 aliphatic rings. The zero-order valence-electron chi connectivity index (χ0n) is 9.65. The summed E-state index contributed by atoms with van der Waals surface area (Å²) >= 11 is 1.48. The van der Waals surface area contributed by atoms with Crippen LogP contribution in [0.3, 0.4) is 0 Å². The molecule has 0 amide bonds. The standard InChI is InChI=1S/C13H15FO2S/c1-17-9-4-5-10(12(14)6-9)11(7-13(15)16)8-2-3-8/h4-6,8,11H,2-3,7H2,1H3,(H,15,16). The summed E-state index contributed by atoms with van der Waals surface area (Å²) in [6.45, 7) is 0. The van der Waals surface area contributed by atoms with E-state index in [-0.39, 0.29) is 18.2 Å². The van der Waals surface area contributed by atoms with Crippen LogP contribution in [0.5, 0.6) is 0 Å². The zero-order chi connectivity index (χ0) is 12.4. The Morgan fingerprint density at radius 1 is 1.59 bits per heavy atom. The van der Waals surface area contributed by atoms with Crippen LogP contribution in [0.1, 0.15) is 30.7 Å². The Balaban J connectivity index is 2.25. The van der Waals surface area contributed by atoms with Gasteiger partial charge in [0.05, 0.1) is 6.42 Å². The highest BCUT2D eigenvalue weighted by Gasteiger charge is 2.35. The molecule has 1 aliphatic carbocycles. The molecule has 1 aromatic carbocycles. The van der Waals surface area contributed by atoms with Gasteiger partial charge in [0.2, 0.25) is 0 Å². The molecule has 0 saturated heterocycles. The van der Waals surface area contributed by atoms with Gasteiger partial charge in [0, 0.05) is 10.8 Å². The number of hydrogen-bond donors (Lipinski definition) is 1. The van der Waals surface area contributed by atoms with Crippen LogP contribution >= 0.6 is 11.8 Å². The minimum Gasteiger partial charge on any atom is -0.481 e. The molecule has 17 heavy (non-hydrogen) atoms. The highest BCUT2D eigenvalue weighted by atomic mass is 32.2. The smallest absolute Gasteiger partial charge is 0.303 e. The minimum absolute atomic E-state index is 0.0280. The SMILES string of the molecule is CSc1ccc(C(CC(=O)O)C2CC2)c(F)c1. The molecular weight excluding hydrogens is 239 g/mol. The highest BCUT2D eigenvalue weighted by Crippen LogP contribution is 2.45. The number of carbonyl (C=O) groups is 1. The first-order valence-electron chi connectivity index (χ1n) is 5.67. The number of carboxylic acid groups (broad SMARTS) is 1. The monoisotopic (exact) mass is 254 g/mol. The van der Waals surface area contributed by atoms with Crippen molar-refractivity contribution in [1.29, 1.82) is 0 Å². The summed E-state index contributed by atoms with van der Waals surface area (Å²) in [7, 11) is 0. The van der Waals surface area contributed by atoms with Gasteiger partial charge >= 0.3 is 5.97 Å². The molecule has 1 atom stereocenters.